The van der Waals surface area contributed by atoms with Crippen molar-refractivity contribution in [1.29, 1.82) is 0 Å². The standard InChI is InChI=1S/C22H22FN5/c1-13(2)22-26-20(21(27-22)18-7-5-6-14(3)25-18)15-8-9-17(23)16(10-15)19-11-28(4)12-24-19/h5-13H,1-4H3,(H,26,27). The molecule has 5 nitrogen and oxygen atoms in total. The Balaban J connectivity index is 1.89. The minimum absolute atomic E-state index is 0.230. The van der Waals surface area contributed by atoms with Crippen molar-refractivity contribution in [2.75, 3.05) is 0 Å². The molecule has 3 heterocycles. The number of aryl methyl sites for hydroxylation is 2. The Morgan fingerprint density at radius 1 is 1.07 bits per heavy atom. The highest BCUT2D eigenvalue weighted by Gasteiger charge is 2.19. The maximum Gasteiger partial charge on any atom is 0.132 e. The number of halogens is 1. The molecule has 0 fully saturated rings. The quantitative estimate of drug-likeness (QED) is 0.539. The highest BCUT2D eigenvalue weighted by Crippen LogP contribution is 2.34. The van der Waals surface area contributed by atoms with Crippen molar-refractivity contribution in [3.8, 4) is 33.9 Å². The van der Waals surface area contributed by atoms with Crippen LogP contribution < -0.4 is 0 Å². The molecule has 3 aromatic heterocycles. The molecule has 1 N–H and O–H groups in total. The fraction of sp³-hybridized carbons (Fsp3) is 0.227. The van der Waals surface area contributed by atoms with Gasteiger partial charge in [-0.25, -0.2) is 14.4 Å². The van der Waals surface area contributed by atoms with Crippen molar-refractivity contribution >= 4 is 0 Å². The number of nitrogens with one attached hydrogen (secondary N) is 1. The third-order valence-corrected chi connectivity index (χ3v) is 4.63. The summed E-state index contributed by atoms with van der Waals surface area (Å²) in [5.74, 6) is 0.794. The maximum atomic E-state index is 14.5. The largest absolute Gasteiger partial charge is 0.340 e. The molecule has 0 spiro atoms. The lowest BCUT2D eigenvalue weighted by molar-refractivity contribution is 0.631. The van der Waals surface area contributed by atoms with E-state index in [9.17, 15) is 4.39 Å². The molecule has 0 saturated heterocycles. The number of aromatic amines is 1. The first-order valence-electron chi connectivity index (χ1n) is 9.24. The molecule has 6 heteroatoms. The number of rotatable bonds is 4. The Labute approximate surface area is 163 Å². The molecular formula is C22H22FN5. The van der Waals surface area contributed by atoms with Crippen LogP contribution in [0.4, 0.5) is 4.39 Å². The van der Waals surface area contributed by atoms with E-state index in [1.807, 2.05) is 32.2 Å². The average Bonchev–Trinajstić information content (AvgIpc) is 3.29. The Hall–Kier alpha value is -3.28. The van der Waals surface area contributed by atoms with Gasteiger partial charge in [0.2, 0.25) is 0 Å². The number of nitrogens with zero attached hydrogens (tertiary/aromatic N) is 4. The molecule has 0 aliphatic heterocycles. The van der Waals surface area contributed by atoms with E-state index in [0.717, 1.165) is 34.2 Å². The molecule has 0 aliphatic carbocycles. The molecule has 1 aromatic carbocycles. The van der Waals surface area contributed by atoms with Crippen LogP contribution in [-0.4, -0.2) is 24.5 Å². The van der Waals surface area contributed by atoms with Crippen molar-refractivity contribution in [1.82, 2.24) is 24.5 Å². The molecule has 0 aliphatic rings. The van der Waals surface area contributed by atoms with Crippen molar-refractivity contribution in [3.63, 3.8) is 0 Å². The van der Waals surface area contributed by atoms with Gasteiger partial charge in [-0.15, -0.1) is 0 Å². The van der Waals surface area contributed by atoms with Crippen molar-refractivity contribution in [2.45, 2.75) is 26.7 Å². The van der Waals surface area contributed by atoms with Gasteiger partial charge in [-0.05, 0) is 37.3 Å². The summed E-state index contributed by atoms with van der Waals surface area (Å²) < 4.78 is 16.3. The predicted octanol–water partition coefficient (Wildman–Crippen LogP) is 5.11. The van der Waals surface area contributed by atoms with Gasteiger partial charge in [0.1, 0.15) is 11.6 Å². The van der Waals surface area contributed by atoms with Crippen LogP contribution in [0.3, 0.4) is 0 Å². The molecule has 28 heavy (non-hydrogen) atoms. The van der Waals surface area contributed by atoms with E-state index in [2.05, 4.69) is 28.8 Å². The van der Waals surface area contributed by atoms with Crippen LogP contribution in [0.25, 0.3) is 33.9 Å². The molecule has 0 radical (unpaired) electrons. The van der Waals surface area contributed by atoms with Crippen LogP contribution in [-0.2, 0) is 7.05 Å². The van der Waals surface area contributed by atoms with E-state index in [0.29, 0.717) is 11.3 Å². The zero-order chi connectivity index (χ0) is 19.8. The Kier molecular flexibility index (Phi) is 4.55. The lowest BCUT2D eigenvalue weighted by Gasteiger charge is -2.06. The number of hydrogen-bond acceptors (Lipinski definition) is 3. The summed E-state index contributed by atoms with van der Waals surface area (Å²) in [5, 5.41) is 0. The number of imidazole rings is 2. The summed E-state index contributed by atoms with van der Waals surface area (Å²) in [7, 11) is 1.86. The van der Waals surface area contributed by atoms with E-state index >= 15 is 0 Å². The summed E-state index contributed by atoms with van der Waals surface area (Å²) in [5.41, 5.74) is 5.22. The normalized spacial score (nSPS) is 11.4. The molecule has 4 rings (SSSR count). The molecule has 0 amide bonds. The van der Waals surface area contributed by atoms with Gasteiger partial charge in [0.15, 0.2) is 0 Å². The van der Waals surface area contributed by atoms with Crippen LogP contribution in [0.15, 0.2) is 48.9 Å². The van der Waals surface area contributed by atoms with E-state index in [-0.39, 0.29) is 11.7 Å². The monoisotopic (exact) mass is 375 g/mol. The van der Waals surface area contributed by atoms with Gasteiger partial charge in [0.25, 0.3) is 0 Å². The summed E-state index contributed by atoms with van der Waals surface area (Å²) in [6.07, 6.45) is 3.46. The fourth-order valence-electron chi connectivity index (χ4n) is 3.16. The SMILES string of the molecule is Cc1cccc(-c2[nH]c(C(C)C)nc2-c2ccc(F)c(-c3cn(C)cn3)c2)n1. The summed E-state index contributed by atoms with van der Waals surface area (Å²) in [6, 6.07) is 10.9. The van der Waals surface area contributed by atoms with E-state index in [1.54, 1.807) is 29.2 Å². The van der Waals surface area contributed by atoms with Crippen LogP contribution in [0.1, 0.15) is 31.3 Å². The number of benzene rings is 1. The third kappa shape index (κ3) is 3.33. The zero-order valence-corrected chi connectivity index (χ0v) is 16.4. The first-order chi connectivity index (χ1) is 13.4. The Morgan fingerprint density at radius 2 is 1.89 bits per heavy atom. The van der Waals surface area contributed by atoms with Crippen molar-refractivity contribution < 1.29 is 4.39 Å². The van der Waals surface area contributed by atoms with Crippen molar-refractivity contribution in [2.24, 2.45) is 7.05 Å². The van der Waals surface area contributed by atoms with Gasteiger partial charge >= 0.3 is 0 Å². The second kappa shape index (κ2) is 7.03. The lowest BCUT2D eigenvalue weighted by atomic mass is 10.0. The Bertz CT molecular complexity index is 1140. The van der Waals surface area contributed by atoms with Crippen LogP contribution in [0.2, 0.25) is 0 Å². The van der Waals surface area contributed by atoms with Gasteiger partial charge in [-0.2, -0.15) is 0 Å². The van der Waals surface area contributed by atoms with Gasteiger partial charge in [-0.1, -0.05) is 19.9 Å². The van der Waals surface area contributed by atoms with E-state index in [1.165, 1.54) is 6.07 Å². The highest BCUT2D eigenvalue weighted by molar-refractivity contribution is 5.79. The smallest absolute Gasteiger partial charge is 0.132 e. The minimum Gasteiger partial charge on any atom is -0.340 e. The highest BCUT2D eigenvalue weighted by atomic mass is 19.1. The lowest BCUT2D eigenvalue weighted by Crippen LogP contribution is -1.91. The topological polar surface area (TPSA) is 59.4 Å². The molecule has 0 bridgehead atoms. The van der Waals surface area contributed by atoms with Crippen LogP contribution in [0, 0.1) is 12.7 Å². The number of H-pyrrole nitrogens is 1. The number of pyridine rings is 1. The third-order valence-electron chi connectivity index (χ3n) is 4.63. The van der Waals surface area contributed by atoms with E-state index < -0.39 is 0 Å². The molecule has 142 valence electrons. The predicted molar refractivity (Wildman–Crippen MR) is 108 cm³/mol. The Morgan fingerprint density at radius 3 is 2.57 bits per heavy atom. The average molecular weight is 375 g/mol. The van der Waals surface area contributed by atoms with E-state index in [4.69, 9.17) is 4.98 Å². The van der Waals surface area contributed by atoms with Crippen molar-refractivity contribution in [3.05, 3.63) is 66.3 Å². The fourth-order valence-corrected chi connectivity index (χ4v) is 3.16. The van der Waals surface area contributed by atoms with Gasteiger partial charge < -0.3 is 9.55 Å². The molecule has 4 aromatic rings. The molecule has 0 atom stereocenters. The van der Waals surface area contributed by atoms with Gasteiger partial charge in [0.05, 0.1) is 29.1 Å². The van der Waals surface area contributed by atoms with Gasteiger partial charge in [0, 0.05) is 36.0 Å². The van der Waals surface area contributed by atoms with Gasteiger partial charge in [-0.3, -0.25) is 4.98 Å². The van der Waals surface area contributed by atoms with Crippen LogP contribution in [0.5, 0.6) is 0 Å². The molecule has 0 saturated carbocycles. The zero-order valence-electron chi connectivity index (χ0n) is 16.4. The maximum absolute atomic E-state index is 14.5. The molecular weight excluding hydrogens is 353 g/mol. The second-order valence-corrected chi connectivity index (χ2v) is 7.28. The summed E-state index contributed by atoms with van der Waals surface area (Å²) in [4.78, 5) is 17.2. The summed E-state index contributed by atoms with van der Waals surface area (Å²) >= 11 is 0. The second-order valence-electron chi connectivity index (χ2n) is 7.28. The number of aromatic nitrogens is 5. The first-order valence-corrected chi connectivity index (χ1v) is 9.24. The first kappa shape index (κ1) is 18.1. The molecule has 0 unspecified atom stereocenters. The summed E-state index contributed by atoms with van der Waals surface area (Å²) in [6.45, 7) is 6.13. The minimum atomic E-state index is -0.308. The number of hydrogen-bond donors (Lipinski definition) is 1. The van der Waals surface area contributed by atoms with Crippen LogP contribution >= 0.6 is 0 Å².